The number of pyridine rings is 1. The summed E-state index contributed by atoms with van der Waals surface area (Å²) in [7, 11) is 0. The summed E-state index contributed by atoms with van der Waals surface area (Å²) in [5.74, 6) is 1.29. The maximum Gasteiger partial charge on any atom is 0.294 e. The predicted molar refractivity (Wildman–Crippen MR) is 108 cm³/mol. The average molecular weight is 373 g/mol. The number of nitrogens with zero attached hydrogens (tertiary/aromatic N) is 2. The van der Waals surface area contributed by atoms with Crippen LogP contribution < -0.4 is 20.1 Å². The summed E-state index contributed by atoms with van der Waals surface area (Å²) >= 11 is 0. The monoisotopic (exact) mass is 373 g/mol. The van der Waals surface area contributed by atoms with E-state index in [4.69, 9.17) is 15.2 Å². The molecule has 2 heterocycles. The summed E-state index contributed by atoms with van der Waals surface area (Å²) in [5, 5.41) is 0. The molecule has 1 amide bonds. The van der Waals surface area contributed by atoms with Crippen LogP contribution in [0.25, 0.3) is 6.08 Å². The van der Waals surface area contributed by atoms with Crippen LogP contribution in [0.5, 0.6) is 11.5 Å². The van der Waals surface area contributed by atoms with Gasteiger partial charge >= 0.3 is 0 Å². The van der Waals surface area contributed by atoms with E-state index in [1.165, 1.54) is 0 Å². The molecular formula is C22H19N3O3. The number of fused-ring (bicyclic) bond motifs is 1. The van der Waals surface area contributed by atoms with E-state index in [-0.39, 0.29) is 11.7 Å². The topological polar surface area (TPSA) is 77.7 Å². The van der Waals surface area contributed by atoms with Crippen molar-refractivity contribution in [2.24, 2.45) is 0 Å². The van der Waals surface area contributed by atoms with E-state index in [9.17, 15) is 4.79 Å². The number of aromatic nitrogens is 1. The Morgan fingerprint density at radius 1 is 1.07 bits per heavy atom. The zero-order chi connectivity index (χ0) is 19.3. The fourth-order valence-corrected chi connectivity index (χ4v) is 2.94. The van der Waals surface area contributed by atoms with Gasteiger partial charge in [0.25, 0.3) is 5.91 Å². The molecule has 1 aliphatic heterocycles. The molecule has 0 saturated heterocycles. The van der Waals surface area contributed by atoms with Gasteiger partial charge in [-0.3, -0.25) is 14.7 Å². The molecule has 0 fully saturated rings. The van der Waals surface area contributed by atoms with Crippen molar-refractivity contribution in [2.75, 3.05) is 23.8 Å². The van der Waals surface area contributed by atoms with E-state index in [0.29, 0.717) is 30.3 Å². The van der Waals surface area contributed by atoms with Crippen LogP contribution in [0.1, 0.15) is 5.56 Å². The Balaban J connectivity index is 1.60. The molecule has 2 N–H and O–H groups in total. The van der Waals surface area contributed by atoms with Gasteiger partial charge in [0, 0.05) is 24.1 Å². The molecule has 0 radical (unpaired) electrons. The molecule has 140 valence electrons. The highest BCUT2D eigenvalue weighted by Crippen LogP contribution is 2.37. The van der Waals surface area contributed by atoms with Crippen LogP contribution in [0.2, 0.25) is 0 Å². The van der Waals surface area contributed by atoms with Crippen LogP contribution in [0.15, 0.2) is 78.8 Å². The SMILES string of the molecule is Nc1ccc2c(c1)O/C(=C/c1ccncc1)C(=O)N2CCOc1ccccc1. The third kappa shape index (κ3) is 3.81. The fraction of sp³-hybridized carbons (Fsp3) is 0.0909. The first-order valence-electron chi connectivity index (χ1n) is 8.89. The molecule has 2 aromatic carbocycles. The molecule has 1 aromatic heterocycles. The second-order valence-electron chi connectivity index (χ2n) is 6.24. The van der Waals surface area contributed by atoms with Gasteiger partial charge in [-0.15, -0.1) is 0 Å². The molecule has 28 heavy (non-hydrogen) atoms. The molecule has 0 aliphatic carbocycles. The Morgan fingerprint density at radius 2 is 1.86 bits per heavy atom. The van der Waals surface area contributed by atoms with E-state index in [1.807, 2.05) is 30.3 Å². The number of carbonyl (C=O) groups excluding carboxylic acids is 1. The van der Waals surface area contributed by atoms with Gasteiger partial charge in [0.15, 0.2) is 11.5 Å². The minimum absolute atomic E-state index is 0.226. The molecule has 4 rings (SSSR count). The molecule has 0 unspecified atom stereocenters. The second-order valence-corrected chi connectivity index (χ2v) is 6.24. The summed E-state index contributed by atoms with van der Waals surface area (Å²) in [6.45, 7) is 0.726. The number of ether oxygens (including phenoxy) is 2. The molecule has 6 heteroatoms. The number of hydrogen-bond acceptors (Lipinski definition) is 5. The average Bonchev–Trinajstić information content (AvgIpc) is 2.72. The van der Waals surface area contributed by atoms with Crippen LogP contribution in [-0.4, -0.2) is 24.0 Å². The normalized spacial score (nSPS) is 14.5. The number of hydrogen-bond donors (Lipinski definition) is 1. The van der Waals surface area contributed by atoms with Gasteiger partial charge in [-0.25, -0.2) is 0 Å². The zero-order valence-corrected chi connectivity index (χ0v) is 15.1. The molecule has 0 saturated carbocycles. The van der Waals surface area contributed by atoms with Gasteiger partial charge in [0.2, 0.25) is 0 Å². The van der Waals surface area contributed by atoms with Crippen LogP contribution in [-0.2, 0) is 4.79 Å². The molecule has 0 bridgehead atoms. The molecule has 6 nitrogen and oxygen atoms in total. The number of nitrogen functional groups attached to an aromatic ring is 1. The van der Waals surface area contributed by atoms with Crippen molar-refractivity contribution in [1.29, 1.82) is 0 Å². The Bertz CT molecular complexity index is 1000. The zero-order valence-electron chi connectivity index (χ0n) is 15.1. The lowest BCUT2D eigenvalue weighted by Gasteiger charge is -2.30. The Morgan fingerprint density at radius 3 is 2.64 bits per heavy atom. The van der Waals surface area contributed by atoms with E-state index in [0.717, 1.165) is 11.3 Å². The van der Waals surface area contributed by atoms with E-state index >= 15 is 0 Å². The van der Waals surface area contributed by atoms with Crippen LogP contribution in [0, 0.1) is 0 Å². The van der Waals surface area contributed by atoms with E-state index in [2.05, 4.69) is 4.98 Å². The van der Waals surface area contributed by atoms with E-state index < -0.39 is 0 Å². The van der Waals surface area contributed by atoms with Crippen molar-refractivity contribution in [1.82, 2.24) is 4.98 Å². The molecule has 3 aromatic rings. The Hall–Kier alpha value is -3.80. The summed E-state index contributed by atoms with van der Waals surface area (Å²) in [4.78, 5) is 18.7. The Kier molecular flexibility index (Phi) is 4.93. The van der Waals surface area contributed by atoms with Gasteiger partial charge in [-0.05, 0) is 48.0 Å². The highest BCUT2D eigenvalue weighted by Gasteiger charge is 2.30. The number of benzene rings is 2. The minimum Gasteiger partial charge on any atom is -0.492 e. The summed E-state index contributed by atoms with van der Waals surface area (Å²) < 4.78 is 11.6. The van der Waals surface area contributed by atoms with Gasteiger partial charge in [-0.2, -0.15) is 0 Å². The molecular weight excluding hydrogens is 354 g/mol. The van der Waals surface area contributed by atoms with Gasteiger partial charge in [0.1, 0.15) is 12.4 Å². The number of carbonyl (C=O) groups is 1. The van der Waals surface area contributed by atoms with Crippen molar-refractivity contribution in [3.8, 4) is 11.5 Å². The quantitative estimate of drug-likeness (QED) is 0.547. The smallest absolute Gasteiger partial charge is 0.294 e. The third-order valence-electron chi connectivity index (χ3n) is 4.28. The van der Waals surface area contributed by atoms with Gasteiger partial charge in [-0.1, -0.05) is 18.2 Å². The number of anilines is 2. The third-order valence-corrected chi connectivity index (χ3v) is 4.28. The number of para-hydroxylation sites is 1. The number of amides is 1. The first-order valence-corrected chi connectivity index (χ1v) is 8.89. The standard InChI is InChI=1S/C22H19N3O3/c23-17-6-7-19-20(15-17)28-21(14-16-8-10-24-11-9-16)22(26)25(19)12-13-27-18-4-2-1-3-5-18/h1-11,14-15H,12-13,23H2/b21-14+. The van der Waals surface area contributed by atoms with Crippen molar-refractivity contribution in [3.63, 3.8) is 0 Å². The van der Waals surface area contributed by atoms with E-state index in [1.54, 1.807) is 53.7 Å². The maximum absolute atomic E-state index is 13.1. The van der Waals surface area contributed by atoms with Gasteiger partial charge in [0.05, 0.1) is 12.2 Å². The first kappa shape index (κ1) is 17.6. The molecule has 1 aliphatic rings. The first-order chi connectivity index (χ1) is 13.7. The van der Waals surface area contributed by atoms with Crippen LogP contribution in [0.4, 0.5) is 11.4 Å². The highest BCUT2D eigenvalue weighted by atomic mass is 16.5. The number of nitrogens with two attached hydrogens (primary N) is 1. The van der Waals surface area contributed by atoms with Crippen molar-refractivity contribution >= 4 is 23.4 Å². The Labute approximate surface area is 162 Å². The van der Waals surface area contributed by atoms with Crippen molar-refractivity contribution in [3.05, 3.63) is 84.4 Å². The molecule has 0 atom stereocenters. The number of rotatable bonds is 5. The maximum atomic E-state index is 13.1. The summed E-state index contributed by atoms with van der Waals surface area (Å²) in [6.07, 6.45) is 5.02. The lowest BCUT2D eigenvalue weighted by molar-refractivity contribution is -0.117. The molecule has 0 spiro atoms. The predicted octanol–water partition coefficient (Wildman–Crippen LogP) is 3.51. The largest absolute Gasteiger partial charge is 0.492 e. The van der Waals surface area contributed by atoms with Crippen LogP contribution >= 0.6 is 0 Å². The van der Waals surface area contributed by atoms with Crippen LogP contribution in [0.3, 0.4) is 0 Å². The van der Waals surface area contributed by atoms with Crippen molar-refractivity contribution < 1.29 is 14.3 Å². The minimum atomic E-state index is -0.231. The van der Waals surface area contributed by atoms with Crippen molar-refractivity contribution in [2.45, 2.75) is 0 Å². The lowest BCUT2D eigenvalue weighted by atomic mass is 10.1. The second kappa shape index (κ2) is 7.84. The highest BCUT2D eigenvalue weighted by molar-refractivity contribution is 6.10. The lowest BCUT2D eigenvalue weighted by Crippen LogP contribution is -2.40. The summed E-state index contributed by atoms with van der Waals surface area (Å²) in [5.41, 5.74) is 7.96. The fourth-order valence-electron chi connectivity index (χ4n) is 2.94. The van der Waals surface area contributed by atoms with Gasteiger partial charge < -0.3 is 15.2 Å². The summed E-state index contributed by atoms with van der Waals surface area (Å²) in [6, 6.07) is 18.4.